The van der Waals surface area contributed by atoms with Crippen molar-refractivity contribution in [3.8, 4) is 0 Å². The largest absolute Gasteiger partial charge is 0.491 e. The van der Waals surface area contributed by atoms with E-state index in [0.717, 1.165) is 15.9 Å². The van der Waals surface area contributed by atoms with Crippen molar-refractivity contribution in [3.63, 3.8) is 0 Å². The minimum atomic E-state index is -0.442. The van der Waals surface area contributed by atoms with Crippen LogP contribution in [0.4, 0.5) is 0 Å². The van der Waals surface area contributed by atoms with Crippen LogP contribution in [-0.2, 0) is 14.1 Å². The number of carbonyl (C=O) groups is 1. The maximum Gasteiger partial charge on any atom is 0.491 e. The summed E-state index contributed by atoms with van der Waals surface area (Å²) in [6.45, 7) is 9.68. The third-order valence-corrected chi connectivity index (χ3v) is 5.43. The van der Waals surface area contributed by atoms with Gasteiger partial charge in [0, 0.05) is 17.6 Å². The van der Waals surface area contributed by atoms with Gasteiger partial charge in [-0.1, -0.05) is 30.0 Å². The monoisotopic (exact) mass is 350 g/mol. The predicted molar refractivity (Wildman–Crippen MR) is 101 cm³/mol. The van der Waals surface area contributed by atoms with Gasteiger partial charge >= 0.3 is 7.12 Å². The number of carbonyl (C=O) groups excluding carboxylic acids is 1. The van der Waals surface area contributed by atoms with E-state index >= 15 is 0 Å². The molecule has 3 nitrogen and oxygen atoms in total. The zero-order valence-corrected chi connectivity index (χ0v) is 16.0. The Morgan fingerprint density at radius 2 is 1.70 bits per heavy atom. The smallest absolute Gasteiger partial charge is 0.400 e. The molecule has 0 unspecified atom stereocenters. The van der Waals surface area contributed by atoms with Gasteiger partial charge in [0.05, 0.1) is 11.2 Å². The molecule has 1 saturated heterocycles. The van der Waals surface area contributed by atoms with Gasteiger partial charge in [0.25, 0.3) is 0 Å². The summed E-state index contributed by atoms with van der Waals surface area (Å²) in [6.07, 6.45) is 2.03. The zero-order valence-electron chi connectivity index (χ0n) is 14.3. The Bertz CT molecular complexity index is 593. The molecule has 1 aliphatic rings. The minimum absolute atomic E-state index is 0.0816. The van der Waals surface area contributed by atoms with Gasteiger partial charge in [-0.3, -0.25) is 4.79 Å². The molecule has 1 aliphatic heterocycles. The summed E-state index contributed by atoms with van der Waals surface area (Å²) in [5.41, 5.74) is 1.20. The van der Waals surface area contributed by atoms with Gasteiger partial charge in [-0.2, -0.15) is 0 Å². The second-order valence-electron chi connectivity index (χ2n) is 6.68. The molecule has 6 heteroatoms. The third-order valence-electron chi connectivity index (χ3n) is 4.24. The van der Waals surface area contributed by atoms with Crippen LogP contribution in [0, 0.1) is 0 Å². The van der Waals surface area contributed by atoms with Crippen molar-refractivity contribution in [1.29, 1.82) is 0 Å². The molecule has 0 aromatic heterocycles. The van der Waals surface area contributed by atoms with Crippen molar-refractivity contribution >= 4 is 42.7 Å². The summed E-state index contributed by atoms with van der Waals surface area (Å²) >= 11 is 5.57. The molecule has 124 valence electrons. The van der Waals surface area contributed by atoms with Crippen molar-refractivity contribution in [2.75, 3.05) is 5.75 Å². The third kappa shape index (κ3) is 4.66. The Morgan fingerprint density at radius 3 is 2.17 bits per heavy atom. The number of thioether (sulfide) groups is 1. The highest BCUT2D eigenvalue weighted by Gasteiger charge is 2.52. The lowest BCUT2D eigenvalue weighted by Gasteiger charge is -2.32. The van der Waals surface area contributed by atoms with Crippen LogP contribution in [0.3, 0.4) is 0 Å². The molecule has 0 N–H and O–H groups in total. The molecule has 0 spiro atoms. The molecule has 0 radical (unpaired) electrons. The van der Waals surface area contributed by atoms with Gasteiger partial charge in [0.1, 0.15) is 0 Å². The van der Waals surface area contributed by atoms with Crippen LogP contribution < -0.4 is 0 Å². The first-order valence-corrected chi connectivity index (χ1v) is 9.02. The second kappa shape index (κ2) is 7.05. The van der Waals surface area contributed by atoms with E-state index in [1.165, 1.54) is 11.8 Å². The van der Waals surface area contributed by atoms with E-state index in [2.05, 4.69) is 12.6 Å². The Balaban J connectivity index is 2.28. The number of rotatable bonds is 4. The van der Waals surface area contributed by atoms with Gasteiger partial charge in [-0.25, -0.2) is 0 Å². The molecule has 2 rings (SSSR count). The van der Waals surface area contributed by atoms with E-state index in [9.17, 15) is 4.79 Å². The van der Waals surface area contributed by atoms with Crippen LogP contribution in [0.5, 0.6) is 0 Å². The average Bonchev–Trinajstić information content (AvgIpc) is 2.65. The summed E-state index contributed by atoms with van der Waals surface area (Å²) in [4.78, 5) is 12.3. The summed E-state index contributed by atoms with van der Waals surface area (Å²) in [5.74, 6) is 0.550. The zero-order chi connectivity index (χ0) is 17.3. The van der Waals surface area contributed by atoms with Crippen molar-refractivity contribution in [3.05, 3.63) is 35.3 Å². The number of thiol groups is 1. The fraction of sp³-hybridized carbons (Fsp3) is 0.471. The Labute approximate surface area is 148 Å². The Hall–Kier alpha value is -0.685. The van der Waals surface area contributed by atoms with E-state index < -0.39 is 18.3 Å². The minimum Gasteiger partial charge on any atom is -0.400 e. The lowest BCUT2D eigenvalue weighted by molar-refractivity contribution is -0.109. The summed E-state index contributed by atoms with van der Waals surface area (Å²) in [6, 6.07) is 7.86. The van der Waals surface area contributed by atoms with E-state index in [1.807, 2.05) is 58.0 Å². The van der Waals surface area contributed by atoms with E-state index in [-0.39, 0.29) is 5.12 Å². The number of hydrogen-bond donors (Lipinski definition) is 1. The second-order valence-corrected chi connectivity index (χ2v) is 8.35. The van der Waals surface area contributed by atoms with Crippen molar-refractivity contribution in [2.45, 2.75) is 50.7 Å². The lowest BCUT2D eigenvalue weighted by atomic mass is 9.78. The van der Waals surface area contributed by atoms with Crippen molar-refractivity contribution < 1.29 is 14.1 Å². The van der Waals surface area contributed by atoms with Crippen LogP contribution in [0.25, 0.3) is 6.08 Å². The van der Waals surface area contributed by atoms with Crippen molar-refractivity contribution in [2.24, 2.45) is 0 Å². The normalized spacial score (nSPS) is 19.9. The average molecular weight is 350 g/mol. The fourth-order valence-electron chi connectivity index (χ4n) is 2.14. The van der Waals surface area contributed by atoms with Crippen LogP contribution >= 0.6 is 24.4 Å². The first kappa shape index (κ1) is 18.7. The molecule has 0 saturated carbocycles. The van der Waals surface area contributed by atoms with E-state index in [4.69, 9.17) is 9.31 Å². The summed E-state index contributed by atoms with van der Waals surface area (Å²) in [5, 5.41) is 0.0816. The summed E-state index contributed by atoms with van der Waals surface area (Å²) in [7, 11) is -0.442. The van der Waals surface area contributed by atoms with Gasteiger partial charge < -0.3 is 9.31 Å². The van der Waals surface area contributed by atoms with Gasteiger partial charge in [0.2, 0.25) is 0 Å². The standard InChI is InChI=1S/C17H23BO3S2/c1-12(19)23-11-14(10-13-6-8-15(22)9-7-13)18-20-16(2,3)17(4,5)21-18/h6-10,22H,11H2,1-5H3. The molecule has 0 bridgehead atoms. The fourth-order valence-corrected chi connectivity index (χ4v) is 2.88. The predicted octanol–water partition coefficient (Wildman–Crippen LogP) is 4.27. The maximum atomic E-state index is 11.4. The quantitative estimate of drug-likeness (QED) is 0.650. The van der Waals surface area contributed by atoms with E-state index in [1.54, 1.807) is 6.92 Å². The van der Waals surface area contributed by atoms with Gasteiger partial charge in [-0.05, 0) is 50.9 Å². The molecule has 1 fully saturated rings. The van der Waals surface area contributed by atoms with Crippen molar-refractivity contribution in [1.82, 2.24) is 0 Å². The first-order chi connectivity index (χ1) is 10.6. The highest BCUT2D eigenvalue weighted by atomic mass is 32.2. The molecular formula is C17H23BO3S2. The molecule has 23 heavy (non-hydrogen) atoms. The van der Waals surface area contributed by atoms with Crippen LogP contribution in [0.15, 0.2) is 34.6 Å². The Morgan fingerprint density at radius 1 is 1.17 bits per heavy atom. The van der Waals surface area contributed by atoms with Gasteiger partial charge in [0.15, 0.2) is 5.12 Å². The summed E-state index contributed by atoms with van der Waals surface area (Å²) < 4.78 is 12.2. The molecule has 1 aromatic rings. The highest BCUT2D eigenvalue weighted by Crippen LogP contribution is 2.39. The maximum absolute atomic E-state index is 11.4. The van der Waals surface area contributed by atoms with Crippen LogP contribution in [-0.4, -0.2) is 29.2 Å². The highest BCUT2D eigenvalue weighted by molar-refractivity contribution is 8.13. The number of hydrogen-bond acceptors (Lipinski definition) is 5. The molecule has 0 aliphatic carbocycles. The van der Waals surface area contributed by atoms with E-state index in [0.29, 0.717) is 5.75 Å². The van der Waals surface area contributed by atoms with Crippen LogP contribution in [0.2, 0.25) is 0 Å². The molecule has 0 atom stereocenters. The lowest BCUT2D eigenvalue weighted by Crippen LogP contribution is -2.41. The molecule has 1 aromatic carbocycles. The first-order valence-electron chi connectivity index (χ1n) is 7.59. The Kier molecular flexibility index (Phi) is 5.72. The molecule has 1 heterocycles. The SMILES string of the molecule is CC(=O)SCC(=Cc1ccc(S)cc1)B1OC(C)(C)C(C)(C)O1. The molecular weight excluding hydrogens is 327 g/mol. The number of benzene rings is 1. The topological polar surface area (TPSA) is 35.5 Å². The molecule has 0 amide bonds. The van der Waals surface area contributed by atoms with Crippen LogP contribution in [0.1, 0.15) is 40.2 Å². The van der Waals surface area contributed by atoms with Gasteiger partial charge in [-0.15, -0.1) is 12.6 Å².